The summed E-state index contributed by atoms with van der Waals surface area (Å²) in [4.78, 5) is 8.70. The summed E-state index contributed by atoms with van der Waals surface area (Å²) < 4.78 is 1.76. The molecule has 0 amide bonds. The smallest absolute Gasteiger partial charge is 0.191 e. The zero-order valence-electron chi connectivity index (χ0n) is 14.6. The fourth-order valence-corrected chi connectivity index (χ4v) is 3.76. The molecular formula is C17H25IN6S. The second kappa shape index (κ2) is 10.0. The number of halogens is 1. The van der Waals surface area contributed by atoms with Crippen molar-refractivity contribution in [3.63, 3.8) is 0 Å². The van der Waals surface area contributed by atoms with E-state index in [0.29, 0.717) is 12.6 Å². The number of pyridine rings is 1. The zero-order valence-corrected chi connectivity index (χ0v) is 17.7. The molecule has 2 unspecified atom stereocenters. The van der Waals surface area contributed by atoms with Gasteiger partial charge in [0.1, 0.15) is 0 Å². The molecule has 0 bridgehead atoms. The lowest BCUT2D eigenvalue weighted by molar-refractivity contribution is 0.614. The average Bonchev–Trinajstić information content (AvgIpc) is 3.30. The van der Waals surface area contributed by atoms with Crippen LogP contribution in [0.25, 0.3) is 5.82 Å². The number of rotatable bonds is 5. The molecule has 2 heterocycles. The van der Waals surface area contributed by atoms with Gasteiger partial charge in [0.2, 0.25) is 0 Å². The van der Waals surface area contributed by atoms with E-state index in [1.807, 2.05) is 49.4 Å². The molecular weight excluding hydrogens is 447 g/mol. The lowest BCUT2D eigenvalue weighted by Crippen LogP contribution is -2.42. The van der Waals surface area contributed by atoms with Gasteiger partial charge in [-0.2, -0.15) is 16.9 Å². The van der Waals surface area contributed by atoms with Crippen molar-refractivity contribution in [3.8, 4) is 5.82 Å². The van der Waals surface area contributed by atoms with Crippen molar-refractivity contribution in [1.29, 1.82) is 0 Å². The summed E-state index contributed by atoms with van der Waals surface area (Å²) in [6.07, 6.45) is 11.4. The van der Waals surface area contributed by atoms with Gasteiger partial charge >= 0.3 is 0 Å². The van der Waals surface area contributed by atoms with Gasteiger partial charge in [-0.25, -0.2) is 9.67 Å². The van der Waals surface area contributed by atoms with Gasteiger partial charge in [-0.3, -0.25) is 4.99 Å². The summed E-state index contributed by atoms with van der Waals surface area (Å²) in [5.74, 6) is 1.68. The van der Waals surface area contributed by atoms with Crippen LogP contribution in [0.1, 0.15) is 24.8 Å². The van der Waals surface area contributed by atoms with Crippen LogP contribution in [0, 0.1) is 0 Å². The van der Waals surface area contributed by atoms with E-state index < -0.39 is 0 Å². The number of guanidine groups is 1. The largest absolute Gasteiger partial charge is 0.354 e. The van der Waals surface area contributed by atoms with E-state index in [4.69, 9.17) is 0 Å². The molecule has 0 radical (unpaired) electrons. The summed E-state index contributed by atoms with van der Waals surface area (Å²) >= 11 is 1.97. The monoisotopic (exact) mass is 472 g/mol. The molecule has 3 rings (SSSR count). The predicted molar refractivity (Wildman–Crippen MR) is 115 cm³/mol. The third-order valence-corrected chi connectivity index (χ3v) is 5.39. The summed E-state index contributed by atoms with van der Waals surface area (Å²) in [6, 6.07) is 6.45. The van der Waals surface area contributed by atoms with Crippen LogP contribution in [0.3, 0.4) is 0 Å². The molecule has 0 aromatic carbocycles. The van der Waals surface area contributed by atoms with E-state index in [1.54, 1.807) is 10.9 Å². The van der Waals surface area contributed by atoms with Gasteiger partial charge in [0.25, 0.3) is 0 Å². The highest BCUT2D eigenvalue weighted by atomic mass is 127. The normalized spacial score (nSPS) is 20.2. The quantitative estimate of drug-likeness (QED) is 0.398. The van der Waals surface area contributed by atoms with Crippen LogP contribution in [0.2, 0.25) is 0 Å². The zero-order chi connectivity index (χ0) is 16.8. The molecule has 1 fully saturated rings. The maximum atomic E-state index is 4.35. The molecule has 8 heteroatoms. The molecule has 0 saturated heterocycles. The van der Waals surface area contributed by atoms with Gasteiger partial charge in [0.15, 0.2) is 11.8 Å². The summed E-state index contributed by atoms with van der Waals surface area (Å²) in [5.41, 5.74) is 1.15. The van der Waals surface area contributed by atoms with Crippen LogP contribution in [0.4, 0.5) is 0 Å². The second-order valence-corrected chi connectivity index (χ2v) is 7.05. The minimum atomic E-state index is 0. The van der Waals surface area contributed by atoms with Gasteiger partial charge in [-0.1, -0.05) is 0 Å². The van der Waals surface area contributed by atoms with E-state index >= 15 is 0 Å². The van der Waals surface area contributed by atoms with Crippen molar-refractivity contribution in [3.05, 3.63) is 42.4 Å². The number of aromatic nitrogens is 3. The van der Waals surface area contributed by atoms with Crippen LogP contribution in [-0.4, -0.2) is 45.3 Å². The van der Waals surface area contributed by atoms with E-state index in [9.17, 15) is 0 Å². The predicted octanol–water partition coefficient (Wildman–Crippen LogP) is 2.83. The van der Waals surface area contributed by atoms with Crippen LogP contribution in [0.5, 0.6) is 0 Å². The highest BCUT2D eigenvalue weighted by molar-refractivity contribution is 14.0. The van der Waals surface area contributed by atoms with Crippen molar-refractivity contribution in [2.45, 2.75) is 37.1 Å². The SMILES string of the molecule is CN=C(NCc1ccnc(-n2cccn2)c1)NC1CCC(SC)C1.I. The first-order valence-electron chi connectivity index (χ1n) is 8.23. The first-order valence-corrected chi connectivity index (χ1v) is 9.52. The Labute approximate surface area is 170 Å². The van der Waals surface area contributed by atoms with E-state index in [0.717, 1.165) is 22.6 Å². The molecule has 0 aliphatic heterocycles. The van der Waals surface area contributed by atoms with Crippen molar-refractivity contribution in [2.75, 3.05) is 13.3 Å². The molecule has 2 aromatic heterocycles. The van der Waals surface area contributed by atoms with Gasteiger partial charge in [0, 0.05) is 43.5 Å². The van der Waals surface area contributed by atoms with Crippen molar-refractivity contribution < 1.29 is 0 Å². The van der Waals surface area contributed by atoms with Crippen molar-refractivity contribution in [1.82, 2.24) is 25.4 Å². The third kappa shape index (κ3) is 5.60. The van der Waals surface area contributed by atoms with Crippen molar-refractivity contribution >= 4 is 41.7 Å². The van der Waals surface area contributed by atoms with E-state index in [1.165, 1.54) is 19.3 Å². The molecule has 25 heavy (non-hydrogen) atoms. The number of aliphatic imine (C=N–C) groups is 1. The second-order valence-electron chi connectivity index (χ2n) is 5.91. The standard InChI is InChI=1S/C17H24N6S.HI/c1-18-17(22-14-4-5-15(11-14)24-2)20-12-13-6-8-19-16(10-13)23-9-3-7-21-23;/h3,6-10,14-15H,4-5,11-12H2,1-2H3,(H2,18,20,22);1H. The number of hydrogen-bond acceptors (Lipinski definition) is 4. The van der Waals surface area contributed by atoms with Crippen LogP contribution < -0.4 is 10.6 Å². The Kier molecular flexibility index (Phi) is 8.01. The van der Waals surface area contributed by atoms with E-state index in [2.05, 4.69) is 32.0 Å². The van der Waals surface area contributed by atoms with E-state index in [-0.39, 0.29) is 24.0 Å². The van der Waals surface area contributed by atoms with Crippen LogP contribution >= 0.6 is 35.7 Å². The van der Waals surface area contributed by atoms with Gasteiger partial charge in [0.05, 0.1) is 0 Å². The highest BCUT2D eigenvalue weighted by Crippen LogP contribution is 2.27. The molecule has 136 valence electrons. The van der Waals surface area contributed by atoms with Gasteiger partial charge in [-0.05, 0) is 49.3 Å². The Hall–Kier alpha value is -1.29. The lowest BCUT2D eigenvalue weighted by atomic mass is 10.2. The Bertz CT molecular complexity index is 676. The van der Waals surface area contributed by atoms with Gasteiger partial charge < -0.3 is 10.6 Å². The number of hydrogen-bond donors (Lipinski definition) is 2. The molecule has 2 N–H and O–H groups in total. The number of nitrogens with zero attached hydrogens (tertiary/aromatic N) is 4. The number of nitrogens with one attached hydrogen (secondary N) is 2. The Morgan fingerprint density at radius 2 is 2.28 bits per heavy atom. The molecule has 1 aliphatic rings. The topological polar surface area (TPSA) is 67.1 Å². The Balaban J connectivity index is 0.00000225. The molecule has 1 aliphatic carbocycles. The molecule has 1 saturated carbocycles. The maximum absolute atomic E-state index is 4.35. The minimum absolute atomic E-state index is 0. The molecule has 2 aromatic rings. The molecule has 6 nitrogen and oxygen atoms in total. The lowest BCUT2D eigenvalue weighted by Gasteiger charge is -2.17. The fraction of sp³-hybridized carbons (Fsp3) is 0.471. The maximum Gasteiger partial charge on any atom is 0.191 e. The summed E-state index contributed by atoms with van der Waals surface area (Å²) in [5, 5.41) is 11.9. The number of thioether (sulfide) groups is 1. The highest BCUT2D eigenvalue weighted by Gasteiger charge is 2.24. The Morgan fingerprint density at radius 1 is 1.40 bits per heavy atom. The third-order valence-electron chi connectivity index (χ3n) is 4.29. The Morgan fingerprint density at radius 3 is 2.96 bits per heavy atom. The van der Waals surface area contributed by atoms with Crippen molar-refractivity contribution in [2.24, 2.45) is 4.99 Å². The average molecular weight is 472 g/mol. The minimum Gasteiger partial charge on any atom is -0.354 e. The van der Waals surface area contributed by atoms with Gasteiger partial charge in [-0.15, -0.1) is 24.0 Å². The van der Waals surface area contributed by atoms with Crippen LogP contribution in [-0.2, 0) is 6.54 Å². The fourth-order valence-electron chi connectivity index (χ4n) is 2.96. The summed E-state index contributed by atoms with van der Waals surface area (Å²) in [7, 11) is 1.82. The molecule has 2 atom stereocenters. The summed E-state index contributed by atoms with van der Waals surface area (Å²) in [6.45, 7) is 0.704. The van der Waals surface area contributed by atoms with Crippen LogP contribution in [0.15, 0.2) is 41.8 Å². The first-order chi connectivity index (χ1) is 11.8. The molecule has 0 spiro atoms. The first kappa shape index (κ1) is 20.0.